The maximum absolute atomic E-state index is 3.49. The molecule has 3 aromatic carbocycles. The van der Waals surface area contributed by atoms with Crippen molar-refractivity contribution in [2.24, 2.45) is 0 Å². The maximum atomic E-state index is 3.49. The smallest absolute Gasteiger partial charge is 0.0630 e. The lowest BCUT2D eigenvalue weighted by Gasteiger charge is -2.23. The maximum Gasteiger partial charge on any atom is 0.0630 e. The highest BCUT2D eigenvalue weighted by Crippen LogP contribution is 2.39. The Morgan fingerprint density at radius 1 is 0.450 bits per heavy atom. The second-order valence-electron chi connectivity index (χ2n) is 4.92. The van der Waals surface area contributed by atoms with E-state index in [1.165, 1.54) is 11.1 Å². The number of para-hydroxylation sites is 2. The number of anilines is 4. The second-order valence-corrected chi connectivity index (χ2v) is 4.92. The molecule has 4 rings (SSSR count). The Balaban J connectivity index is 1.77. The summed E-state index contributed by atoms with van der Waals surface area (Å²) >= 11 is 0. The summed E-state index contributed by atoms with van der Waals surface area (Å²) in [5.41, 5.74) is 6.92. The monoisotopic (exact) mass is 258 g/mol. The lowest BCUT2D eigenvalue weighted by Crippen LogP contribution is -2.05. The highest BCUT2D eigenvalue weighted by molar-refractivity contribution is 5.92. The van der Waals surface area contributed by atoms with Crippen LogP contribution < -0.4 is 10.6 Å². The highest BCUT2D eigenvalue weighted by atomic mass is 15.0. The quantitative estimate of drug-likeness (QED) is 0.493. The molecule has 1 aliphatic rings. The largest absolute Gasteiger partial charge is 0.352 e. The zero-order valence-corrected chi connectivity index (χ0v) is 10.9. The highest BCUT2D eigenvalue weighted by Gasteiger charge is 2.13. The summed E-state index contributed by atoms with van der Waals surface area (Å²) in [6.07, 6.45) is 0. The fourth-order valence-electron chi connectivity index (χ4n) is 2.56. The second kappa shape index (κ2) is 4.42. The molecule has 0 saturated carbocycles. The molecule has 2 N–H and O–H groups in total. The molecule has 96 valence electrons. The van der Waals surface area contributed by atoms with Crippen molar-refractivity contribution in [1.29, 1.82) is 0 Å². The van der Waals surface area contributed by atoms with Crippen LogP contribution in [-0.4, -0.2) is 0 Å². The zero-order chi connectivity index (χ0) is 13.4. The van der Waals surface area contributed by atoms with Gasteiger partial charge in [-0.2, -0.15) is 0 Å². The Kier molecular flexibility index (Phi) is 2.46. The van der Waals surface area contributed by atoms with Crippen LogP contribution in [0.25, 0.3) is 11.1 Å². The van der Waals surface area contributed by atoms with Gasteiger partial charge in [-0.25, -0.2) is 0 Å². The van der Waals surface area contributed by atoms with Gasteiger partial charge in [-0.15, -0.1) is 0 Å². The summed E-state index contributed by atoms with van der Waals surface area (Å²) in [5.74, 6) is 0. The Morgan fingerprint density at radius 3 is 1.80 bits per heavy atom. The van der Waals surface area contributed by atoms with E-state index in [9.17, 15) is 0 Å². The van der Waals surface area contributed by atoms with Crippen molar-refractivity contribution >= 4 is 22.7 Å². The molecule has 1 heterocycles. The lowest BCUT2D eigenvalue weighted by atomic mass is 10.0. The van der Waals surface area contributed by atoms with Crippen LogP contribution in [0.2, 0.25) is 0 Å². The Bertz CT molecular complexity index is 763. The summed E-state index contributed by atoms with van der Waals surface area (Å²) in [4.78, 5) is 0. The van der Waals surface area contributed by atoms with Gasteiger partial charge in [0.05, 0.1) is 22.7 Å². The minimum atomic E-state index is 1.11. The number of benzene rings is 3. The van der Waals surface area contributed by atoms with Gasteiger partial charge >= 0.3 is 0 Å². The van der Waals surface area contributed by atoms with Crippen molar-refractivity contribution in [2.45, 2.75) is 0 Å². The fourth-order valence-corrected chi connectivity index (χ4v) is 2.56. The van der Waals surface area contributed by atoms with Crippen molar-refractivity contribution in [3.05, 3.63) is 72.8 Å². The third-order valence-corrected chi connectivity index (χ3v) is 3.59. The van der Waals surface area contributed by atoms with Crippen molar-refractivity contribution < 1.29 is 0 Å². The van der Waals surface area contributed by atoms with E-state index in [1.54, 1.807) is 0 Å². The number of nitrogens with one attached hydrogen (secondary N) is 2. The molecule has 0 unspecified atom stereocenters. The fraction of sp³-hybridized carbons (Fsp3) is 0. The van der Waals surface area contributed by atoms with E-state index in [1.807, 2.05) is 18.2 Å². The summed E-state index contributed by atoms with van der Waals surface area (Å²) in [7, 11) is 0. The van der Waals surface area contributed by atoms with Gasteiger partial charge in [0.15, 0.2) is 0 Å². The molecular weight excluding hydrogens is 244 g/mol. The van der Waals surface area contributed by atoms with Crippen LogP contribution in [0.3, 0.4) is 0 Å². The molecule has 1 aliphatic heterocycles. The van der Waals surface area contributed by atoms with Crippen LogP contribution in [0.15, 0.2) is 72.8 Å². The van der Waals surface area contributed by atoms with Gasteiger partial charge in [-0.3, -0.25) is 0 Å². The number of hydrogen-bond donors (Lipinski definition) is 2. The topological polar surface area (TPSA) is 24.1 Å². The van der Waals surface area contributed by atoms with Gasteiger partial charge < -0.3 is 10.6 Å². The summed E-state index contributed by atoms with van der Waals surface area (Å²) < 4.78 is 0. The summed E-state index contributed by atoms with van der Waals surface area (Å²) in [6, 6.07) is 25.1. The molecule has 0 radical (unpaired) electrons. The molecule has 0 bridgehead atoms. The van der Waals surface area contributed by atoms with Crippen molar-refractivity contribution in [3.63, 3.8) is 0 Å². The molecular formula is C18H14N2. The van der Waals surface area contributed by atoms with Gasteiger partial charge in [0, 0.05) is 0 Å². The van der Waals surface area contributed by atoms with E-state index in [0.717, 1.165) is 22.7 Å². The predicted octanol–water partition coefficient (Wildman–Crippen LogP) is 5.15. The van der Waals surface area contributed by atoms with Gasteiger partial charge in [0.2, 0.25) is 0 Å². The van der Waals surface area contributed by atoms with Crippen LogP contribution >= 0.6 is 0 Å². The first kappa shape index (κ1) is 11.1. The Labute approximate surface area is 118 Å². The van der Waals surface area contributed by atoms with E-state index in [4.69, 9.17) is 0 Å². The van der Waals surface area contributed by atoms with Crippen molar-refractivity contribution in [2.75, 3.05) is 10.6 Å². The van der Waals surface area contributed by atoms with Crippen LogP contribution in [0.5, 0.6) is 0 Å². The third kappa shape index (κ3) is 1.82. The number of fused-ring (bicyclic) bond motifs is 2. The average molecular weight is 258 g/mol. The average Bonchev–Trinajstić information content (AvgIpc) is 2.53. The van der Waals surface area contributed by atoms with E-state index < -0.39 is 0 Å². The SMILES string of the molecule is c1ccc(-c2ccc3c(c2)Nc2ccccc2N3)cc1. The van der Waals surface area contributed by atoms with E-state index in [0.29, 0.717) is 0 Å². The molecule has 0 aromatic heterocycles. The Morgan fingerprint density at radius 2 is 1.05 bits per heavy atom. The number of rotatable bonds is 1. The zero-order valence-electron chi connectivity index (χ0n) is 10.9. The van der Waals surface area contributed by atoms with Gasteiger partial charge in [-0.1, -0.05) is 48.5 Å². The van der Waals surface area contributed by atoms with E-state index in [-0.39, 0.29) is 0 Å². The molecule has 0 fully saturated rings. The number of hydrogen-bond acceptors (Lipinski definition) is 2. The lowest BCUT2D eigenvalue weighted by molar-refractivity contribution is 1.44. The van der Waals surface area contributed by atoms with Crippen molar-refractivity contribution in [3.8, 4) is 11.1 Å². The van der Waals surface area contributed by atoms with E-state index >= 15 is 0 Å². The van der Waals surface area contributed by atoms with Gasteiger partial charge in [0.1, 0.15) is 0 Å². The first-order valence-electron chi connectivity index (χ1n) is 6.73. The van der Waals surface area contributed by atoms with Gasteiger partial charge in [0.25, 0.3) is 0 Å². The minimum absolute atomic E-state index is 1.11. The van der Waals surface area contributed by atoms with Crippen LogP contribution in [0.4, 0.5) is 22.7 Å². The molecule has 20 heavy (non-hydrogen) atoms. The summed E-state index contributed by atoms with van der Waals surface area (Å²) in [6.45, 7) is 0. The predicted molar refractivity (Wildman–Crippen MR) is 84.9 cm³/mol. The third-order valence-electron chi connectivity index (χ3n) is 3.59. The van der Waals surface area contributed by atoms with Gasteiger partial charge in [-0.05, 0) is 35.4 Å². The minimum Gasteiger partial charge on any atom is -0.352 e. The van der Waals surface area contributed by atoms with Crippen molar-refractivity contribution in [1.82, 2.24) is 0 Å². The molecule has 2 heteroatoms. The molecule has 0 amide bonds. The molecule has 0 aliphatic carbocycles. The summed E-state index contributed by atoms with van der Waals surface area (Å²) in [5, 5.41) is 6.94. The first-order valence-corrected chi connectivity index (χ1v) is 6.73. The molecule has 2 nitrogen and oxygen atoms in total. The molecule has 3 aromatic rings. The Hall–Kier alpha value is -2.74. The normalized spacial score (nSPS) is 11.8. The van der Waals surface area contributed by atoms with Crippen LogP contribution in [0, 0.1) is 0 Å². The molecule has 0 spiro atoms. The first-order chi connectivity index (χ1) is 9.90. The van der Waals surface area contributed by atoms with E-state index in [2.05, 4.69) is 65.2 Å². The molecule has 0 saturated heterocycles. The molecule has 0 atom stereocenters. The van der Waals surface area contributed by atoms with Crippen LogP contribution in [0.1, 0.15) is 0 Å². The van der Waals surface area contributed by atoms with Crippen LogP contribution in [-0.2, 0) is 0 Å². The standard InChI is InChI=1S/C18H14N2/c1-2-6-13(7-3-1)14-10-11-17-18(12-14)20-16-9-5-4-8-15(16)19-17/h1-12,19-20H.